The summed E-state index contributed by atoms with van der Waals surface area (Å²) in [4.78, 5) is 24.9. The lowest BCUT2D eigenvalue weighted by atomic mass is 10.0. The van der Waals surface area contributed by atoms with Gasteiger partial charge in [-0.15, -0.1) is 0 Å². The first-order valence-corrected chi connectivity index (χ1v) is 7.98. The van der Waals surface area contributed by atoms with Crippen LogP contribution in [0.5, 0.6) is 5.75 Å². The predicted molar refractivity (Wildman–Crippen MR) is 88.3 cm³/mol. The fourth-order valence-corrected chi connectivity index (χ4v) is 2.60. The molecule has 1 aliphatic rings. The van der Waals surface area contributed by atoms with Gasteiger partial charge in [0.1, 0.15) is 5.75 Å². The summed E-state index contributed by atoms with van der Waals surface area (Å²) in [5.41, 5.74) is 6.41. The Kier molecular flexibility index (Phi) is 5.47. The minimum Gasteiger partial charge on any atom is -0.481 e. The lowest BCUT2D eigenvalue weighted by molar-refractivity contribution is -0.127. The van der Waals surface area contributed by atoms with Gasteiger partial charge >= 0.3 is 6.03 Å². The molecule has 126 valence electrons. The molecule has 1 fully saturated rings. The summed E-state index contributed by atoms with van der Waals surface area (Å²) in [7, 11) is 0. The first-order valence-electron chi connectivity index (χ1n) is 7.98. The van der Waals surface area contributed by atoms with E-state index >= 15 is 0 Å². The Morgan fingerprint density at radius 3 is 2.70 bits per heavy atom. The minimum atomic E-state index is -0.597. The van der Waals surface area contributed by atoms with Crippen molar-refractivity contribution in [1.82, 2.24) is 10.2 Å². The second-order valence-electron chi connectivity index (χ2n) is 6.27. The summed E-state index contributed by atoms with van der Waals surface area (Å²) < 4.78 is 5.73. The maximum absolute atomic E-state index is 12.2. The monoisotopic (exact) mass is 319 g/mol. The largest absolute Gasteiger partial charge is 0.481 e. The molecule has 0 aromatic heterocycles. The highest BCUT2D eigenvalue weighted by molar-refractivity contribution is 5.81. The van der Waals surface area contributed by atoms with E-state index in [4.69, 9.17) is 10.5 Å². The van der Waals surface area contributed by atoms with Gasteiger partial charge in [0.05, 0.1) is 0 Å². The molecule has 2 rings (SSSR count). The second-order valence-corrected chi connectivity index (χ2v) is 6.27. The number of hydrogen-bond donors (Lipinski definition) is 2. The van der Waals surface area contributed by atoms with Crippen molar-refractivity contribution in [3.63, 3.8) is 0 Å². The van der Waals surface area contributed by atoms with Gasteiger partial charge in [-0.25, -0.2) is 4.79 Å². The van der Waals surface area contributed by atoms with Gasteiger partial charge in [-0.2, -0.15) is 0 Å². The SMILES string of the molecule is CC(Oc1cccc(C(C)C)c1)C(=O)NC1CCN(C(N)=O)C1. The Morgan fingerprint density at radius 2 is 2.09 bits per heavy atom. The molecule has 1 heterocycles. The molecule has 1 aromatic rings. The fraction of sp³-hybridized carbons (Fsp3) is 0.529. The van der Waals surface area contributed by atoms with Crippen molar-refractivity contribution in [2.24, 2.45) is 5.73 Å². The normalized spacial score (nSPS) is 18.8. The van der Waals surface area contributed by atoms with E-state index in [-0.39, 0.29) is 11.9 Å². The lowest BCUT2D eigenvalue weighted by Crippen LogP contribution is -2.44. The van der Waals surface area contributed by atoms with Crippen LogP contribution >= 0.6 is 0 Å². The zero-order valence-corrected chi connectivity index (χ0v) is 13.9. The molecule has 2 atom stereocenters. The van der Waals surface area contributed by atoms with E-state index in [0.717, 1.165) is 0 Å². The van der Waals surface area contributed by atoms with Crippen LogP contribution in [0.1, 0.15) is 38.7 Å². The van der Waals surface area contributed by atoms with Crippen LogP contribution in [-0.4, -0.2) is 42.1 Å². The maximum atomic E-state index is 12.2. The molecule has 0 radical (unpaired) electrons. The second kappa shape index (κ2) is 7.35. The highest BCUT2D eigenvalue weighted by Crippen LogP contribution is 2.21. The molecule has 1 aromatic carbocycles. The zero-order chi connectivity index (χ0) is 17.0. The molecule has 0 saturated carbocycles. The van der Waals surface area contributed by atoms with Crippen LogP contribution in [0.4, 0.5) is 4.79 Å². The van der Waals surface area contributed by atoms with Gasteiger partial charge < -0.3 is 20.7 Å². The summed E-state index contributed by atoms with van der Waals surface area (Å²) in [6.45, 7) is 6.97. The van der Waals surface area contributed by atoms with Crippen LogP contribution < -0.4 is 15.8 Å². The average Bonchev–Trinajstić information content (AvgIpc) is 2.96. The molecule has 1 aliphatic heterocycles. The molecule has 0 aliphatic carbocycles. The Hall–Kier alpha value is -2.24. The van der Waals surface area contributed by atoms with Crippen molar-refractivity contribution in [3.05, 3.63) is 29.8 Å². The van der Waals surface area contributed by atoms with Crippen LogP contribution in [0.3, 0.4) is 0 Å². The Labute approximate surface area is 137 Å². The predicted octanol–water partition coefficient (Wildman–Crippen LogP) is 1.85. The van der Waals surface area contributed by atoms with E-state index < -0.39 is 12.1 Å². The molecular formula is C17H25N3O3. The van der Waals surface area contributed by atoms with Crippen LogP contribution in [0.25, 0.3) is 0 Å². The van der Waals surface area contributed by atoms with Gasteiger partial charge in [0, 0.05) is 19.1 Å². The molecule has 3 N–H and O–H groups in total. The van der Waals surface area contributed by atoms with Gasteiger partial charge in [0.2, 0.25) is 0 Å². The van der Waals surface area contributed by atoms with Crippen molar-refractivity contribution in [2.75, 3.05) is 13.1 Å². The van der Waals surface area contributed by atoms with E-state index in [0.29, 0.717) is 31.2 Å². The number of amides is 3. The molecule has 2 unspecified atom stereocenters. The highest BCUT2D eigenvalue weighted by atomic mass is 16.5. The number of likely N-dealkylation sites (tertiary alicyclic amines) is 1. The Bertz CT molecular complexity index is 574. The highest BCUT2D eigenvalue weighted by Gasteiger charge is 2.27. The summed E-state index contributed by atoms with van der Waals surface area (Å²) in [6, 6.07) is 7.26. The van der Waals surface area contributed by atoms with Crippen molar-refractivity contribution >= 4 is 11.9 Å². The first-order chi connectivity index (χ1) is 10.9. The molecule has 0 bridgehead atoms. The number of benzene rings is 1. The smallest absolute Gasteiger partial charge is 0.314 e. The van der Waals surface area contributed by atoms with E-state index in [1.807, 2.05) is 24.3 Å². The van der Waals surface area contributed by atoms with Gasteiger partial charge in [0.15, 0.2) is 6.10 Å². The van der Waals surface area contributed by atoms with E-state index in [1.165, 1.54) is 10.5 Å². The van der Waals surface area contributed by atoms with Crippen LogP contribution in [0.15, 0.2) is 24.3 Å². The number of nitrogens with one attached hydrogen (secondary N) is 1. The lowest BCUT2D eigenvalue weighted by Gasteiger charge is -2.19. The fourth-order valence-electron chi connectivity index (χ4n) is 2.60. The van der Waals surface area contributed by atoms with Crippen LogP contribution in [-0.2, 0) is 4.79 Å². The molecular weight excluding hydrogens is 294 g/mol. The summed E-state index contributed by atoms with van der Waals surface area (Å²) in [5.74, 6) is 0.904. The first kappa shape index (κ1) is 17.1. The Morgan fingerprint density at radius 1 is 1.35 bits per heavy atom. The Balaban J connectivity index is 1.88. The standard InChI is InChI=1S/C17H25N3O3/c1-11(2)13-5-4-6-15(9-13)23-12(3)16(21)19-14-7-8-20(10-14)17(18)22/h4-6,9,11-12,14H,7-8,10H2,1-3H3,(H2,18,22)(H,19,21). The topological polar surface area (TPSA) is 84.7 Å². The zero-order valence-electron chi connectivity index (χ0n) is 13.9. The quantitative estimate of drug-likeness (QED) is 0.868. The molecule has 1 saturated heterocycles. The number of nitrogens with zero attached hydrogens (tertiary/aromatic N) is 1. The number of urea groups is 1. The van der Waals surface area contributed by atoms with Crippen molar-refractivity contribution in [2.45, 2.75) is 45.3 Å². The van der Waals surface area contributed by atoms with E-state index in [2.05, 4.69) is 19.2 Å². The molecule has 6 heteroatoms. The van der Waals surface area contributed by atoms with Gasteiger partial charge in [-0.05, 0) is 37.0 Å². The molecule has 3 amide bonds. The average molecular weight is 319 g/mol. The third-order valence-electron chi connectivity index (χ3n) is 4.05. The van der Waals surface area contributed by atoms with Crippen molar-refractivity contribution in [3.8, 4) is 5.75 Å². The van der Waals surface area contributed by atoms with Crippen LogP contribution in [0.2, 0.25) is 0 Å². The van der Waals surface area contributed by atoms with Gasteiger partial charge in [-0.1, -0.05) is 26.0 Å². The molecule has 6 nitrogen and oxygen atoms in total. The van der Waals surface area contributed by atoms with E-state index in [9.17, 15) is 9.59 Å². The number of carbonyl (C=O) groups excluding carboxylic acids is 2. The van der Waals surface area contributed by atoms with Gasteiger partial charge in [-0.3, -0.25) is 4.79 Å². The third kappa shape index (κ3) is 4.61. The molecule has 0 spiro atoms. The van der Waals surface area contributed by atoms with Crippen molar-refractivity contribution in [1.29, 1.82) is 0 Å². The van der Waals surface area contributed by atoms with E-state index in [1.54, 1.807) is 6.92 Å². The number of rotatable bonds is 5. The number of carbonyl (C=O) groups is 2. The molecule has 23 heavy (non-hydrogen) atoms. The third-order valence-corrected chi connectivity index (χ3v) is 4.05. The number of ether oxygens (including phenoxy) is 1. The number of nitrogens with two attached hydrogens (primary N) is 1. The number of primary amides is 1. The van der Waals surface area contributed by atoms with Crippen molar-refractivity contribution < 1.29 is 14.3 Å². The number of hydrogen-bond acceptors (Lipinski definition) is 3. The van der Waals surface area contributed by atoms with Gasteiger partial charge in [0.25, 0.3) is 5.91 Å². The minimum absolute atomic E-state index is 0.0666. The summed E-state index contributed by atoms with van der Waals surface area (Å²) in [6.07, 6.45) is 0.115. The summed E-state index contributed by atoms with van der Waals surface area (Å²) >= 11 is 0. The van der Waals surface area contributed by atoms with Crippen LogP contribution in [0, 0.1) is 0 Å². The summed E-state index contributed by atoms with van der Waals surface area (Å²) in [5, 5.41) is 2.91. The maximum Gasteiger partial charge on any atom is 0.314 e.